The van der Waals surface area contributed by atoms with Crippen molar-refractivity contribution in [1.82, 2.24) is 10.2 Å². The molecule has 4 saturated carbocycles. The maximum absolute atomic E-state index is 12.3. The van der Waals surface area contributed by atoms with Gasteiger partial charge in [0.05, 0.1) is 7.11 Å². The van der Waals surface area contributed by atoms with Gasteiger partial charge in [-0.2, -0.15) is 0 Å². The zero-order chi connectivity index (χ0) is 18.4. The molecule has 1 aromatic heterocycles. The number of benzene rings is 1. The highest BCUT2D eigenvalue weighted by Crippen LogP contribution is 2.61. The van der Waals surface area contributed by atoms with Gasteiger partial charge in [-0.05, 0) is 68.4 Å². The van der Waals surface area contributed by atoms with E-state index >= 15 is 0 Å². The van der Waals surface area contributed by atoms with Crippen LogP contribution >= 0.6 is 11.3 Å². The summed E-state index contributed by atoms with van der Waals surface area (Å²) in [5.74, 6) is 3.31. The van der Waals surface area contributed by atoms with Crippen molar-refractivity contribution >= 4 is 28.2 Å². The van der Waals surface area contributed by atoms with Gasteiger partial charge in [-0.25, -0.2) is 4.79 Å². The lowest BCUT2D eigenvalue weighted by molar-refractivity contribution is -0.00555. The summed E-state index contributed by atoms with van der Waals surface area (Å²) in [6.45, 7) is 0. The lowest BCUT2D eigenvalue weighted by atomic mass is 9.50. The van der Waals surface area contributed by atoms with Gasteiger partial charge in [0.25, 0.3) is 0 Å². The second-order valence-corrected chi connectivity index (χ2v) is 9.40. The van der Waals surface area contributed by atoms with Gasteiger partial charge in [-0.15, -0.1) is 10.2 Å². The number of urea groups is 1. The highest BCUT2D eigenvalue weighted by molar-refractivity contribution is 7.15. The molecule has 4 aliphatic rings. The topological polar surface area (TPSA) is 76.1 Å². The van der Waals surface area contributed by atoms with E-state index in [-0.39, 0.29) is 11.4 Å². The molecule has 4 fully saturated rings. The minimum atomic E-state index is -0.309. The van der Waals surface area contributed by atoms with Gasteiger partial charge in [-0.3, -0.25) is 5.32 Å². The van der Waals surface area contributed by atoms with Crippen LogP contribution in [0.2, 0.25) is 0 Å². The van der Waals surface area contributed by atoms with Gasteiger partial charge < -0.3 is 10.1 Å². The Balaban J connectivity index is 1.28. The summed E-state index contributed by atoms with van der Waals surface area (Å²) in [6, 6.07) is 6.97. The summed E-state index contributed by atoms with van der Waals surface area (Å²) in [5.41, 5.74) is 0.896. The molecule has 7 heteroatoms. The van der Waals surface area contributed by atoms with E-state index in [1.54, 1.807) is 24.5 Å². The Morgan fingerprint density at radius 3 is 2.48 bits per heavy atom. The van der Waals surface area contributed by atoms with Crippen LogP contribution in [-0.2, 0) is 5.41 Å². The molecule has 142 valence electrons. The van der Waals surface area contributed by atoms with Crippen LogP contribution in [0, 0.1) is 17.8 Å². The molecule has 6 nitrogen and oxygen atoms in total. The highest BCUT2D eigenvalue weighted by atomic mass is 32.1. The highest BCUT2D eigenvalue weighted by Gasteiger charge is 2.53. The molecule has 0 aliphatic heterocycles. The minimum absolute atomic E-state index is 0.218. The molecule has 0 atom stereocenters. The lowest BCUT2D eigenvalue weighted by Gasteiger charge is -2.55. The quantitative estimate of drug-likeness (QED) is 0.804. The fourth-order valence-corrected chi connectivity index (χ4v) is 6.78. The first-order chi connectivity index (χ1) is 13.1. The number of aromatic nitrogens is 2. The third-order valence-corrected chi connectivity index (χ3v) is 7.55. The van der Waals surface area contributed by atoms with Gasteiger partial charge >= 0.3 is 6.03 Å². The predicted octanol–water partition coefficient (Wildman–Crippen LogP) is 4.66. The molecule has 2 aromatic rings. The maximum atomic E-state index is 12.3. The largest absolute Gasteiger partial charge is 0.497 e. The second kappa shape index (κ2) is 6.48. The molecule has 6 rings (SSSR count). The van der Waals surface area contributed by atoms with Crippen LogP contribution < -0.4 is 15.4 Å². The van der Waals surface area contributed by atoms with Crippen LogP contribution in [0.3, 0.4) is 0 Å². The normalized spacial score (nSPS) is 30.9. The third kappa shape index (κ3) is 3.18. The van der Waals surface area contributed by atoms with Crippen LogP contribution in [0.1, 0.15) is 43.5 Å². The van der Waals surface area contributed by atoms with E-state index in [0.717, 1.165) is 22.8 Å². The van der Waals surface area contributed by atoms with Gasteiger partial charge in [-0.1, -0.05) is 17.4 Å². The van der Waals surface area contributed by atoms with Gasteiger partial charge in [0, 0.05) is 17.2 Å². The summed E-state index contributed by atoms with van der Waals surface area (Å²) in [7, 11) is 1.60. The van der Waals surface area contributed by atoms with Crippen LogP contribution in [0.4, 0.5) is 15.6 Å². The fraction of sp³-hybridized carbons (Fsp3) is 0.550. The Morgan fingerprint density at radius 2 is 1.81 bits per heavy atom. The summed E-state index contributed by atoms with van der Waals surface area (Å²) in [4.78, 5) is 12.3. The zero-order valence-electron chi connectivity index (χ0n) is 15.4. The minimum Gasteiger partial charge on any atom is -0.497 e. The number of carbonyl (C=O) groups is 1. The van der Waals surface area contributed by atoms with Crippen LogP contribution in [-0.4, -0.2) is 23.3 Å². The van der Waals surface area contributed by atoms with E-state index in [1.807, 2.05) is 18.2 Å². The number of ether oxygens (including phenoxy) is 1. The molecule has 0 radical (unpaired) electrons. The van der Waals surface area contributed by atoms with Crippen LogP contribution in [0.15, 0.2) is 24.3 Å². The molecule has 2 amide bonds. The summed E-state index contributed by atoms with van der Waals surface area (Å²) in [5, 5.41) is 16.1. The summed E-state index contributed by atoms with van der Waals surface area (Å²) >= 11 is 1.55. The Hall–Kier alpha value is -2.15. The van der Waals surface area contributed by atoms with E-state index in [1.165, 1.54) is 38.5 Å². The molecule has 1 aromatic carbocycles. The van der Waals surface area contributed by atoms with Crippen molar-refractivity contribution in [1.29, 1.82) is 0 Å². The first-order valence-corrected chi connectivity index (χ1v) is 10.5. The number of methoxy groups -OCH3 is 1. The number of hydrogen-bond acceptors (Lipinski definition) is 5. The molecular weight excluding hydrogens is 360 g/mol. The molecule has 27 heavy (non-hydrogen) atoms. The van der Waals surface area contributed by atoms with Gasteiger partial charge in [0.1, 0.15) is 10.8 Å². The van der Waals surface area contributed by atoms with E-state index < -0.39 is 0 Å². The van der Waals surface area contributed by atoms with Crippen molar-refractivity contribution < 1.29 is 9.53 Å². The average Bonchev–Trinajstić information content (AvgIpc) is 3.10. The first kappa shape index (κ1) is 17.0. The Bertz CT molecular complexity index is 830. The maximum Gasteiger partial charge on any atom is 0.325 e. The number of hydrogen-bond donors (Lipinski definition) is 2. The smallest absolute Gasteiger partial charge is 0.325 e. The molecule has 2 N–H and O–H groups in total. The van der Waals surface area contributed by atoms with Crippen molar-refractivity contribution in [2.45, 2.75) is 43.9 Å². The number of nitrogens with zero attached hydrogens (tertiary/aromatic N) is 2. The Morgan fingerprint density at radius 1 is 1.11 bits per heavy atom. The van der Waals surface area contributed by atoms with Crippen molar-refractivity contribution in [2.24, 2.45) is 17.8 Å². The monoisotopic (exact) mass is 384 g/mol. The van der Waals surface area contributed by atoms with Crippen molar-refractivity contribution in [3.8, 4) is 5.75 Å². The standard InChI is InChI=1S/C20H24N4O2S/c1-26-16-4-2-3-15(8-16)21-18(25)22-19-24-23-17(27-19)20-9-12-5-13(10-20)7-14(6-12)11-20/h2-4,8,12-14H,5-7,9-11H2,1H3,(H2,21,22,24,25). The van der Waals surface area contributed by atoms with E-state index in [2.05, 4.69) is 20.8 Å². The Labute approximate surface area is 162 Å². The Kier molecular flexibility index (Phi) is 4.07. The fourth-order valence-electron chi connectivity index (χ4n) is 5.82. The molecular formula is C20H24N4O2S. The first-order valence-electron chi connectivity index (χ1n) is 9.68. The summed E-state index contributed by atoms with van der Waals surface area (Å²) in [6.07, 6.45) is 7.99. The zero-order valence-corrected chi connectivity index (χ0v) is 16.2. The number of rotatable bonds is 4. The van der Waals surface area contributed by atoms with E-state index in [4.69, 9.17) is 4.74 Å². The SMILES string of the molecule is COc1cccc(NC(=O)Nc2nnc(C34CC5CC(CC(C5)C3)C4)s2)c1. The van der Waals surface area contributed by atoms with Gasteiger partial charge in [0.15, 0.2) is 0 Å². The van der Waals surface area contributed by atoms with E-state index in [0.29, 0.717) is 16.6 Å². The molecule has 0 spiro atoms. The second-order valence-electron chi connectivity index (χ2n) is 8.42. The molecule has 0 saturated heterocycles. The molecule has 4 aliphatic carbocycles. The molecule has 0 unspecified atom stereocenters. The van der Waals surface area contributed by atoms with Crippen molar-refractivity contribution in [2.75, 3.05) is 17.7 Å². The molecule has 1 heterocycles. The number of amides is 2. The predicted molar refractivity (Wildman–Crippen MR) is 105 cm³/mol. The van der Waals surface area contributed by atoms with Crippen LogP contribution in [0.25, 0.3) is 0 Å². The number of carbonyl (C=O) groups excluding carboxylic acids is 1. The van der Waals surface area contributed by atoms with E-state index in [9.17, 15) is 4.79 Å². The third-order valence-electron chi connectivity index (χ3n) is 6.46. The number of nitrogens with one attached hydrogen (secondary N) is 2. The van der Waals surface area contributed by atoms with Crippen molar-refractivity contribution in [3.05, 3.63) is 29.3 Å². The lowest BCUT2D eigenvalue weighted by Crippen LogP contribution is -2.48. The van der Waals surface area contributed by atoms with Crippen LogP contribution in [0.5, 0.6) is 5.75 Å². The number of anilines is 2. The molecule has 4 bridgehead atoms. The average molecular weight is 385 g/mol. The summed E-state index contributed by atoms with van der Waals surface area (Å²) < 4.78 is 5.18. The van der Waals surface area contributed by atoms with Gasteiger partial charge in [0.2, 0.25) is 5.13 Å². The van der Waals surface area contributed by atoms with Crippen molar-refractivity contribution in [3.63, 3.8) is 0 Å².